The third kappa shape index (κ3) is 3.30. The SMILES string of the molecule is O=C1CN(c2c(OCc3ccccc3)cc3c(c2F)CCCO3)S(=O)(=O)N1. The second kappa shape index (κ2) is 6.73. The van der Waals surface area contributed by atoms with E-state index in [0.717, 1.165) is 5.56 Å². The lowest BCUT2D eigenvalue weighted by Crippen LogP contribution is -2.31. The average Bonchev–Trinajstić information content (AvgIpc) is 2.93. The van der Waals surface area contributed by atoms with Crippen molar-refractivity contribution in [3.05, 3.63) is 53.3 Å². The lowest BCUT2D eigenvalue weighted by molar-refractivity contribution is -0.117. The minimum absolute atomic E-state index is 0.0112. The van der Waals surface area contributed by atoms with E-state index in [1.54, 1.807) is 0 Å². The lowest BCUT2D eigenvalue weighted by atomic mass is 10.0. The molecule has 0 aliphatic carbocycles. The molecule has 0 radical (unpaired) electrons. The Bertz CT molecular complexity index is 995. The highest BCUT2D eigenvalue weighted by atomic mass is 32.2. The van der Waals surface area contributed by atoms with E-state index < -0.39 is 28.5 Å². The molecule has 7 nitrogen and oxygen atoms in total. The number of halogens is 1. The van der Waals surface area contributed by atoms with Gasteiger partial charge in [-0.1, -0.05) is 30.3 Å². The first-order valence-corrected chi connectivity index (χ1v) is 9.88. The molecule has 0 spiro atoms. The standard InChI is InChI=1S/C18H17FN2O5S/c19-17-13-7-4-8-25-14(13)9-15(26-11-12-5-2-1-3-6-12)18(17)21-10-16(22)20-27(21,23)24/h1-3,5-6,9H,4,7-8,10-11H2,(H,20,22). The molecule has 4 rings (SSSR count). The van der Waals surface area contributed by atoms with Crippen molar-refractivity contribution in [3.8, 4) is 11.5 Å². The van der Waals surface area contributed by atoms with Gasteiger partial charge in [0, 0.05) is 11.6 Å². The van der Waals surface area contributed by atoms with E-state index in [2.05, 4.69) is 0 Å². The molecule has 0 bridgehead atoms. The van der Waals surface area contributed by atoms with Gasteiger partial charge in [0.1, 0.15) is 24.6 Å². The summed E-state index contributed by atoms with van der Waals surface area (Å²) in [5, 5.41) is 0. The Balaban J connectivity index is 1.78. The molecule has 2 aliphatic heterocycles. The molecule has 9 heteroatoms. The molecule has 142 valence electrons. The van der Waals surface area contributed by atoms with Gasteiger partial charge in [-0.3, -0.25) is 4.79 Å². The number of nitrogens with zero attached hydrogens (tertiary/aromatic N) is 1. The van der Waals surface area contributed by atoms with Crippen molar-refractivity contribution in [3.63, 3.8) is 0 Å². The molecule has 2 heterocycles. The summed E-state index contributed by atoms with van der Waals surface area (Å²) in [6, 6.07) is 10.7. The zero-order valence-electron chi connectivity index (χ0n) is 14.3. The summed E-state index contributed by atoms with van der Waals surface area (Å²) in [6.45, 7) is 0.0634. The number of ether oxygens (including phenoxy) is 2. The van der Waals surface area contributed by atoms with Crippen LogP contribution in [0.2, 0.25) is 0 Å². The van der Waals surface area contributed by atoms with Crippen molar-refractivity contribution in [1.82, 2.24) is 4.72 Å². The zero-order valence-corrected chi connectivity index (χ0v) is 15.1. The maximum absolute atomic E-state index is 15.3. The van der Waals surface area contributed by atoms with Crippen LogP contribution in [0.5, 0.6) is 11.5 Å². The number of anilines is 1. The maximum atomic E-state index is 15.3. The third-order valence-corrected chi connectivity index (χ3v) is 5.78. The Labute approximate surface area is 155 Å². The van der Waals surface area contributed by atoms with Crippen LogP contribution in [0.4, 0.5) is 10.1 Å². The molecule has 2 aliphatic rings. The molecule has 1 N–H and O–H groups in total. The van der Waals surface area contributed by atoms with E-state index in [0.29, 0.717) is 29.5 Å². The van der Waals surface area contributed by atoms with Crippen LogP contribution in [-0.2, 0) is 28.0 Å². The topological polar surface area (TPSA) is 84.9 Å². The van der Waals surface area contributed by atoms with Gasteiger partial charge in [-0.05, 0) is 18.4 Å². The summed E-state index contributed by atoms with van der Waals surface area (Å²) in [5.41, 5.74) is 0.854. The highest BCUT2D eigenvalue weighted by Crippen LogP contribution is 2.42. The monoisotopic (exact) mass is 392 g/mol. The van der Waals surface area contributed by atoms with Gasteiger partial charge in [0.25, 0.3) is 5.91 Å². The van der Waals surface area contributed by atoms with Gasteiger partial charge in [-0.15, -0.1) is 0 Å². The average molecular weight is 392 g/mol. The Hall–Kier alpha value is -2.81. The number of hydrogen-bond donors (Lipinski definition) is 1. The minimum atomic E-state index is -4.17. The van der Waals surface area contributed by atoms with Gasteiger partial charge >= 0.3 is 10.2 Å². The summed E-state index contributed by atoms with van der Waals surface area (Å²) < 4.78 is 53.6. The molecule has 0 atom stereocenters. The number of amides is 1. The first kappa shape index (κ1) is 17.6. The Morgan fingerprint density at radius 3 is 2.74 bits per heavy atom. The van der Waals surface area contributed by atoms with E-state index in [9.17, 15) is 13.2 Å². The minimum Gasteiger partial charge on any atom is -0.493 e. The second-order valence-electron chi connectivity index (χ2n) is 6.28. The smallest absolute Gasteiger partial charge is 0.326 e. The van der Waals surface area contributed by atoms with Gasteiger partial charge in [0.2, 0.25) is 0 Å². The molecular formula is C18H17FN2O5S. The molecule has 1 saturated heterocycles. The van der Waals surface area contributed by atoms with E-state index >= 15 is 4.39 Å². The largest absolute Gasteiger partial charge is 0.493 e. The van der Waals surface area contributed by atoms with Crippen LogP contribution in [0.25, 0.3) is 0 Å². The van der Waals surface area contributed by atoms with Crippen LogP contribution >= 0.6 is 0 Å². The fraction of sp³-hybridized carbons (Fsp3) is 0.278. The maximum Gasteiger partial charge on any atom is 0.326 e. The van der Waals surface area contributed by atoms with Crippen molar-refractivity contribution >= 4 is 21.8 Å². The van der Waals surface area contributed by atoms with Gasteiger partial charge < -0.3 is 9.47 Å². The number of carbonyl (C=O) groups is 1. The van der Waals surface area contributed by atoms with Crippen molar-refractivity contribution in [2.75, 3.05) is 17.5 Å². The summed E-state index contributed by atoms with van der Waals surface area (Å²) in [7, 11) is -4.17. The number of nitrogens with one attached hydrogen (secondary N) is 1. The Kier molecular flexibility index (Phi) is 4.39. The molecule has 2 aromatic rings. The van der Waals surface area contributed by atoms with Gasteiger partial charge in [-0.25, -0.2) is 13.4 Å². The van der Waals surface area contributed by atoms with Crippen LogP contribution in [0.15, 0.2) is 36.4 Å². The Morgan fingerprint density at radius 1 is 1.26 bits per heavy atom. The predicted octanol–water partition coefficient (Wildman–Crippen LogP) is 1.91. The fourth-order valence-electron chi connectivity index (χ4n) is 3.15. The molecule has 0 unspecified atom stereocenters. The van der Waals surface area contributed by atoms with Crippen LogP contribution in [-0.4, -0.2) is 27.5 Å². The van der Waals surface area contributed by atoms with Crippen molar-refractivity contribution in [1.29, 1.82) is 0 Å². The van der Waals surface area contributed by atoms with Gasteiger partial charge in [0.15, 0.2) is 11.6 Å². The molecule has 1 fully saturated rings. The first-order chi connectivity index (χ1) is 13.0. The van der Waals surface area contributed by atoms with Gasteiger partial charge in [0.05, 0.1) is 6.61 Å². The van der Waals surface area contributed by atoms with E-state index in [4.69, 9.17) is 9.47 Å². The van der Waals surface area contributed by atoms with E-state index in [1.807, 2.05) is 35.1 Å². The highest BCUT2D eigenvalue weighted by molar-refractivity contribution is 7.92. The van der Waals surface area contributed by atoms with Crippen LogP contribution < -0.4 is 18.5 Å². The molecular weight excluding hydrogens is 375 g/mol. The molecule has 0 aromatic heterocycles. The highest BCUT2D eigenvalue weighted by Gasteiger charge is 2.39. The van der Waals surface area contributed by atoms with Crippen LogP contribution in [0, 0.1) is 5.82 Å². The van der Waals surface area contributed by atoms with Crippen LogP contribution in [0.3, 0.4) is 0 Å². The van der Waals surface area contributed by atoms with Crippen molar-refractivity contribution in [2.24, 2.45) is 0 Å². The lowest BCUT2D eigenvalue weighted by Gasteiger charge is -2.25. The summed E-state index contributed by atoms with van der Waals surface area (Å²) in [5.74, 6) is -1.12. The van der Waals surface area contributed by atoms with Crippen LogP contribution in [0.1, 0.15) is 17.5 Å². The third-order valence-electron chi connectivity index (χ3n) is 4.40. The number of rotatable bonds is 4. The number of benzene rings is 2. The first-order valence-electron chi connectivity index (χ1n) is 8.44. The normalized spacial score (nSPS) is 17.8. The molecule has 1 amide bonds. The Morgan fingerprint density at radius 2 is 2.04 bits per heavy atom. The van der Waals surface area contributed by atoms with Gasteiger partial charge in [-0.2, -0.15) is 8.42 Å². The van der Waals surface area contributed by atoms with Crippen molar-refractivity contribution < 1.29 is 27.1 Å². The number of carbonyl (C=O) groups excluding carboxylic acids is 1. The molecule has 0 saturated carbocycles. The second-order valence-corrected chi connectivity index (χ2v) is 7.87. The number of hydrogen-bond acceptors (Lipinski definition) is 5. The fourth-order valence-corrected chi connectivity index (χ4v) is 4.31. The van der Waals surface area contributed by atoms with E-state index in [1.165, 1.54) is 6.07 Å². The molecule has 27 heavy (non-hydrogen) atoms. The molecule has 2 aromatic carbocycles. The van der Waals surface area contributed by atoms with E-state index in [-0.39, 0.29) is 23.6 Å². The summed E-state index contributed by atoms with van der Waals surface area (Å²) in [4.78, 5) is 11.6. The van der Waals surface area contributed by atoms with Crippen molar-refractivity contribution in [2.45, 2.75) is 19.4 Å². The number of fused-ring (bicyclic) bond motifs is 1. The predicted molar refractivity (Wildman–Crippen MR) is 95.4 cm³/mol. The summed E-state index contributed by atoms with van der Waals surface area (Å²) >= 11 is 0. The zero-order chi connectivity index (χ0) is 19.0. The quantitative estimate of drug-likeness (QED) is 0.859. The summed E-state index contributed by atoms with van der Waals surface area (Å²) in [6.07, 6.45) is 1.04.